The molecule has 1 rings (SSSR count). The highest BCUT2D eigenvalue weighted by Gasteiger charge is 2.24. The molecule has 2 N–H and O–H groups in total. The Morgan fingerprint density at radius 1 is 1.36 bits per heavy atom. The van der Waals surface area contributed by atoms with Gasteiger partial charge in [-0.2, -0.15) is 0 Å². The van der Waals surface area contributed by atoms with Crippen molar-refractivity contribution in [2.24, 2.45) is 5.73 Å². The van der Waals surface area contributed by atoms with Gasteiger partial charge in [0.15, 0.2) is 0 Å². The molecule has 1 heterocycles. The second-order valence-electron chi connectivity index (χ2n) is 3.98. The van der Waals surface area contributed by atoms with Crippen LogP contribution in [0.25, 0.3) is 0 Å². The molecule has 0 spiro atoms. The van der Waals surface area contributed by atoms with Gasteiger partial charge in [0, 0.05) is 24.7 Å². The predicted octanol–water partition coefficient (Wildman–Crippen LogP) is 1.21. The average molecular weight is 156 g/mol. The smallest absolute Gasteiger partial charge is 0.0168 e. The molecule has 0 bridgehead atoms. The van der Waals surface area contributed by atoms with Crippen LogP contribution in [0, 0.1) is 0 Å². The zero-order valence-corrected chi connectivity index (χ0v) is 7.88. The lowest BCUT2D eigenvalue weighted by Crippen LogP contribution is -2.50. The van der Waals surface area contributed by atoms with Crippen molar-refractivity contribution in [2.45, 2.75) is 51.7 Å². The van der Waals surface area contributed by atoms with Gasteiger partial charge in [-0.25, -0.2) is 0 Å². The van der Waals surface area contributed by atoms with E-state index in [0.29, 0.717) is 12.1 Å². The standard InChI is InChI=1S/C9H20N2/c1-7(2)11-6-9(10)5-4-8(11)3/h7-9H,4-6,10H2,1-3H3/t8-,9+/m0/s1. The minimum atomic E-state index is 0.411. The van der Waals surface area contributed by atoms with E-state index in [9.17, 15) is 0 Å². The average Bonchev–Trinajstić information content (AvgIpc) is 1.94. The molecular formula is C9H20N2. The molecule has 0 aromatic heterocycles. The van der Waals surface area contributed by atoms with Gasteiger partial charge in [-0.3, -0.25) is 4.90 Å². The van der Waals surface area contributed by atoms with Gasteiger partial charge < -0.3 is 5.73 Å². The fourth-order valence-corrected chi connectivity index (χ4v) is 1.88. The normalized spacial score (nSPS) is 34.6. The van der Waals surface area contributed by atoms with Gasteiger partial charge in [0.1, 0.15) is 0 Å². The van der Waals surface area contributed by atoms with Crippen LogP contribution < -0.4 is 5.73 Å². The number of hydrogen-bond acceptors (Lipinski definition) is 2. The summed E-state index contributed by atoms with van der Waals surface area (Å²) in [5.74, 6) is 0. The van der Waals surface area contributed by atoms with E-state index in [4.69, 9.17) is 5.73 Å². The van der Waals surface area contributed by atoms with Gasteiger partial charge in [-0.05, 0) is 33.6 Å². The Morgan fingerprint density at radius 2 is 2.00 bits per heavy atom. The van der Waals surface area contributed by atoms with Crippen LogP contribution in [0.1, 0.15) is 33.6 Å². The lowest BCUT2D eigenvalue weighted by atomic mass is 9.99. The fraction of sp³-hybridized carbons (Fsp3) is 1.00. The molecule has 11 heavy (non-hydrogen) atoms. The zero-order valence-electron chi connectivity index (χ0n) is 7.88. The summed E-state index contributed by atoms with van der Waals surface area (Å²) in [5, 5.41) is 0. The number of nitrogens with two attached hydrogens (primary N) is 1. The highest BCUT2D eigenvalue weighted by Crippen LogP contribution is 2.17. The van der Waals surface area contributed by atoms with Crippen molar-refractivity contribution in [3.05, 3.63) is 0 Å². The molecule has 1 saturated heterocycles. The van der Waals surface area contributed by atoms with Crippen LogP contribution in [0.15, 0.2) is 0 Å². The molecule has 0 aromatic rings. The Bertz CT molecular complexity index is 123. The third kappa shape index (κ3) is 2.17. The predicted molar refractivity (Wildman–Crippen MR) is 48.5 cm³/mol. The molecule has 1 aliphatic heterocycles. The van der Waals surface area contributed by atoms with E-state index in [1.54, 1.807) is 0 Å². The van der Waals surface area contributed by atoms with Gasteiger partial charge in [0.05, 0.1) is 0 Å². The number of likely N-dealkylation sites (tertiary alicyclic amines) is 1. The van der Waals surface area contributed by atoms with Gasteiger partial charge >= 0.3 is 0 Å². The van der Waals surface area contributed by atoms with Gasteiger partial charge in [0.2, 0.25) is 0 Å². The van der Waals surface area contributed by atoms with E-state index in [0.717, 1.165) is 12.6 Å². The van der Waals surface area contributed by atoms with Crippen molar-refractivity contribution in [1.82, 2.24) is 4.90 Å². The summed E-state index contributed by atoms with van der Waals surface area (Å²) in [7, 11) is 0. The highest BCUT2D eigenvalue weighted by molar-refractivity contribution is 4.82. The van der Waals surface area contributed by atoms with E-state index in [2.05, 4.69) is 25.7 Å². The molecule has 0 amide bonds. The first-order chi connectivity index (χ1) is 5.11. The topological polar surface area (TPSA) is 29.3 Å². The summed E-state index contributed by atoms with van der Waals surface area (Å²) >= 11 is 0. The number of rotatable bonds is 1. The summed E-state index contributed by atoms with van der Waals surface area (Å²) < 4.78 is 0. The van der Waals surface area contributed by atoms with E-state index in [1.807, 2.05) is 0 Å². The highest BCUT2D eigenvalue weighted by atomic mass is 15.2. The molecule has 1 fully saturated rings. The Balaban J connectivity index is 2.47. The minimum Gasteiger partial charge on any atom is -0.327 e. The third-order valence-corrected chi connectivity index (χ3v) is 2.63. The largest absolute Gasteiger partial charge is 0.327 e. The molecule has 0 radical (unpaired) electrons. The van der Waals surface area contributed by atoms with Gasteiger partial charge in [-0.15, -0.1) is 0 Å². The lowest BCUT2D eigenvalue weighted by Gasteiger charge is -2.39. The van der Waals surface area contributed by atoms with Crippen LogP contribution in [0.5, 0.6) is 0 Å². The Kier molecular flexibility index (Phi) is 2.90. The lowest BCUT2D eigenvalue weighted by molar-refractivity contribution is 0.111. The SMILES string of the molecule is CC(C)N1C[C@H](N)CC[C@@H]1C. The number of hydrogen-bond donors (Lipinski definition) is 1. The molecular weight excluding hydrogens is 136 g/mol. The van der Waals surface area contributed by atoms with E-state index in [-0.39, 0.29) is 0 Å². The van der Waals surface area contributed by atoms with Crippen LogP contribution in [-0.4, -0.2) is 29.6 Å². The maximum Gasteiger partial charge on any atom is 0.0168 e. The van der Waals surface area contributed by atoms with E-state index in [1.165, 1.54) is 12.8 Å². The number of piperidine rings is 1. The second kappa shape index (κ2) is 3.55. The monoisotopic (exact) mass is 156 g/mol. The fourth-order valence-electron chi connectivity index (χ4n) is 1.88. The molecule has 0 aromatic carbocycles. The third-order valence-electron chi connectivity index (χ3n) is 2.63. The summed E-state index contributed by atoms with van der Waals surface area (Å²) in [6.45, 7) is 7.87. The molecule has 1 aliphatic rings. The van der Waals surface area contributed by atoms with Crippen LogP contribution in [0.4, 0.5) is 0 Å². The molecule has 66 valence electrons. The van der Waals surface area contributed by atoms with Crippen LogP contribution in [0.2, 0.25) is 0 Å². The van der Waals surface area contributed by atoms with E-state index < -0.39 is 0 Å². The first kappa shape index (κ1) is 9.01. The van der Waals surface area contributed by atoms with Crippen LogP contribution in [0.3, 0.4) is 0 Å². The Labute approximate surface area is 69.8 Å². The maximum absolute atomic E-state index is 5.88. The molecule has 0 saturated carbocycles. The molecule has 2 atom stereocenters. The summed E-state index contributed by atoms with van der Waals surface area (Å²) in [6.07, 6.45) is 2.46. The molecule has 0 unspecified atom stereocenters. The quantitative estimate of drug-likeness (QED) is 0.618. The van der Waals surface area contributed by atoms with Crippen LogP contribution in [-0.2, 0) is 0 Å². The Hall–Kier alpha value is -0.0800. The molecule has 2 heteroatoms. The Morgan fingerprint density at radius 3 is 2.45 bits per heavy atom. The summed E-state index contributed by atoms with van der Waals surface area (Å²) in [5.41, 5.74) is 5.88. The molecule has 0 aliphatic carbocycles. The van der Waals surface area contributed by atoms with Crippen molar-refractivity contribution in [3.8, 4) is 0 Å². The van der Waals surface area contributed by atoms with Crippen molar-refractivity contribution >= 4 is 0 Å². The summed E-state index contributed by atoms with van der Waals surface area (Å²) in [4.78, 5) is 2.49. The first-order valence-corrected chi connectivity index (χ1v) is 4.62. The van der Waals surface area contributed by atoms with Crippen molar-refractivity contribution < 1.29 is 0 Å². The first-order valence-electron chi connectivity index (χ1n) is 4.62. The maximum atomic E-state index is 5.88. The number of nitrogens with zero attached hydrogens (tertiary/aromatic N) is 1. The van der Waals surface area contributed by atoms with Crippen molar-refractivity contribution in [3.63, 3.8) is 0 Å². The van der Waals surface area contributed by atoms with Crippen molar-refractivity contribution in [1.29, 1.82) is 0 Å². The summed E-state index contributed by atoms with van der Waals surface area (Å²) in [6, 6.07) is 1.79. The molecule has 2 nitrogen and oxygen atoms in total. The van der Waals surface area contributed by atoms with Crippen LogP contribution >= 0.6 is 0 Å². The van der Waals surface area contributed by atoms with E-state index >= 15 is 0 Å². The zero-order chi connectivity index (χ0) is 8.43. The minimum absolute atomic E-state index is 0.411. The second-order valence-corrected chi connectivity index (χ2v) is 3.98. The van der Waals surface area contributed by atoms with Gasteiger partial charge in [0.25, 0.3) is 0 Å². The van der Waals surface area contributed by atoms with Crippen molar-refractivity contribution in [2.75, 3.05) is 6.54 Å². The van der Waals surface area contributed by atoms with Gasteiger partial charge in [-0.1, -0.05) is 0 Å².